The minimum atomic E-state index is -3.90. The normalized spacial score (nSPS) is 19.7. The Morgan fingerprint density at radius 2 is 1.79 bits per heavy atom. The van der Waals surface area contributed by atoms with Crippen LogP contribution in [-0.4, -0.2) is 42.1 Å². The zero-order valence-corrected chi connectivity index (χ0v) is 18.9. The number of carbonyl (C=O) groups excluding carboxylic acids is 3. The van der Waals surface area contributed by atoms with Crippen LogP contribution in [0.15, 0.2) is 53.7 Å². The highest BCUT2D eigenvalue weighted by Gasteiger charge is 2.45. The molecule has 1 unspecified atom stereocenters. The summed E-state index contributed by atoms with van der Waals surface area (Å²) in [4.78, 5) is 46.2. The van der Waals surface area contributed by atoms with Crippen molar-refractivity contribution in [3.05, 3.63) is 54.4 Å². The molecule has 2 aliphatic rings. The van der Waals surface area contributed by atoms with Crippen molar-refractivity contribution in [1.82, 2.24) is 9.88 Å². The van der Waals surface area contributed by atoms with Gasteiger partial charge in [0.15, 0.2) is 0 Å². The van der Waals surface area contributed by atoms with Gasteiger partial charge in [0, 0.05) is 24.9 Å². The van der Waals surface area contributed by atoms with Crippen molar-refractivity contribution < 1.29 is 22.8 Å². The molecule has 1 saturated carbocycles. The van der Waals surface area contributed by atoms with Gasteiger partial charge in [0.2, 0.25) is 21.8 Å². The van der Waals surface area contributed by atoms with Crippen molar-refractivity contribution >= 4 is 33.4 Å². The molecule has 0 bridgehead atoms. The standard InChI is InChI=1S/C23H26N4O5S/c24-33(31,32)19-10-8-18(9-11-19)27-21(28)13-20(23(27)30)26(15-16-5-4-12-25-14-16)22(29)17-6-2-1-3-7-17/h4-5,8-12,14,17,20H,1-3,6-7,13,15H2,(H2,24,31,32). The Labute approximate surface area is 192 Å². The van der Waals surface area contributed by atoms with Gasteiger partial charge < -0.3 is 4.90 Å². The number of imide groups is 1. The number of anilines is 1. The van der Waals surface area contributed by atoms with Crippen molar-refractivity contribution in [3.63, 3.8) is 0 Å². The molecule has 33 heavy (non-hydrogen) atoms. The van der Waals surface area contributed by atoms with E-state index in [1.807, 2.05) is 6.07 Å². The summed E-state index contributed by atoms with van der Waals surface area (Å²) in [6, 6.07) is 7.90. The molecule has 2 heterocycles. The molecule has 0 radical (unpaired) electrons. The number of hydrogen-bond acceptors (Lipinski definition) is 6. The van der Waals surface area contributed by atoms with E-state index in [4.69, 9.17) is 5.14 Å². The highest BCUT2D eigenvalue weighted by Crippen LogP contribution is 2.31. The van der Waals surface area contributed by atoms with Crippen LogP contribution in [0.25, 0.3) is 0 Å². The lowest BCUT2D eigenvalue weighted by atomic mass is 9.87. The summed E-state index contributed by atoms with van der Waals surface area (Å²) < 4.78 is 23.0. The molecule has 1 saturated heterocycles. The van der Waals surface area contributed by atoms with Crippen LogP contribution < -0.4 is 10.0 Å². The first kappa shape index (κ1) is 23.1. The second-order valence-corrected chi connectivity index (χ2v) is 10.0. The highest BCUT2D eigenvalue weighted by molar-refractivity contribution is 7.89. The summed E-state index contributed by atoms with van der Waals surface area (Å²) in [5.74, 6) is -1.23. The second-order valence-electron chi connectivity index (χ2n) is 8.49. The van der Waals surface area contributed by atoms with E-state index in [0.29, 0.717) is 0 Å². The molecule has 10 heteroatoms. The highest BCUT2D eigenvalue weighted by atomic mass is 32.2. The molecule has 4 rings (SSSR count). The lowest BCUT2D eigenvalue weighted by Crippen LogP contribution is -2.47. The van der Waals surface area contributed by atoms with Crippen LogP contribution in [0.3, 0.4) is 0 Å². The Bertz CT molecular complexity index is 1150. The number of sulfonamides is 1. The van der Waals surface area contributed by atoms with E-state index in [1.165, 1.54) is 29.2 Å². The van der Waals surface area contributed by atoms with Crippen LogP contribution >= 0.6 is 0 Å². The van der Waals surface area contributed by atoms with E-state index in [9.17, 15) is 22.8 Å². The van der Waals surface area contributed by atoms with E-state index in [-0.39, 0.29) is 35.4 Å². The van der Waals surface area contributed by atoms with Crippen LogP contribution in [-0.2, 0) is 31.0 Å². The van der Waals surface area contributed by atoms with Crippen molar-refractivity contribution in [2.24, 2.45) is 11.1 Å². The van der Waals surface area contributed by atoms with Gasteiger partial charge in [-0.15, -0.1) is 0 Å². The number of primary sulfonamides is 1. The average Bonchev–Trinajstić information content (AvgIpc) is 3.11. The summed E-state index contributed by atoms with van der Waals surface area (Å²) in [6.07, 6.45) is 7.73. The molecule has 174 valence electrons. The number of hydrogen-bond donors (Lipinski definition) is 1. The van der Waals surface area contributed by atoms with Gasteiger partial charge >= 0.3 is 0 Å². The number of nitrogens with two attached hydrogens (primary N) is 1. The molecule has 2 N–H and O–H groups in total. The zero-order chi connectivity index (χ0) is 23.6. The molecule has 1 atom stereocenters. The van der Waals surface area contributed by atoms with Gasteiger partial charge in [0.25, 0.3) is 5.91 Å². The van der Waals surface area contributed by atoms with Crippen molar-refractivity contribution in [3.8, 4) is 0 Å². The summed E-state index contributed by atoms with van der Waals surface area (Å²) >= 11 is 0. The first-order valence-electron chi connectivity index (χ1n) is 10.9. The number of amides is 3. The minimum absolute atomic E-state index is 0.115. The number of nitrogens with zero attached hydrogens (tertiary/aromatic N) is 3. The summed E-state index contributed by atoms with van der Waals surface area (Å²) in [5, 5.41) is 5.13. The maximum absolute atomic E-state index is 13.5. The first-order chi connectivity index (χ1) is 15.8. The quantitative estimate of drug-likeness (QED) is 0.642. The third-order valence-corrected chi connectivity index (χ3v) is 7.16. The molecule has 1 aliphatic carbocycles. The maximum atomic E-state index is 13.5. The molecule has 9 nitrogen and oxygen atoms in total. The van der Waals surface area contributed by atoms with Gasteiger partial charge in [-0.05, 0) is 48.7 Å². The van der Waals surface area contributed by atoms with Gasteiger partial charge in [-0.3, -0.25) is 19.4 Å². The Morgan fingerprint density at radius 3 is 2.39 bits per heavy atom. The van der Waals surface area contributed by atoms with E-state index in [1.54, 1.807) is 18.5 Å². The predicted molar refractivity (Wildman–Crippen MR) is 120 cm³/mol. The molecule has 1 aliphatic heterocycles. The number of rotatable bonds is 6. The van der Waals surface area contributed by atoms with Crippen LogP contribution in [0.1, 0.15) is 44.1 Å². The van der Waals surface area contributed by atoms with Crippen molar-refractivity contribution in [2.75, 3.05) is 4.90 Å². The fraction of sp³-hybridized carbons (Fsp3) is 0.391. The predicted octanol–water partition coefficient (Wildman–Crippen LogP) is 1.97. The van der Waals surface area contributed by atoms with Gasteiger partial charge in [0.05, 0.1) is 17.0 Å². The summed E-state index contributed by atoms with van der Waals surface area (Å²) in [6.45, 7) is 0.186. The maximum Gasteiger partial charge on any atom is 0.257 e. The largest absolute Gasteiger partial charge is 0.325 e. The lowest BCUT2D eigenvalue weighted by Gasteiger charge is -2.32. The smallest absolute Gasteiger partial charge is 0.257 e. The summed E-state index contributed by atoms with van der Waals surface area (Å²) in [7, 11) is -3.90. The third-order valence-electron chi connectivity index (χ3n) is 6.24. The van der Waals surface area contributed by atoms with Crippen molar-refractivity contribution in [1.29, 1.82) is 0 Å². The van der Waals surface area contributed by atoms with E-state index < -0.39 is 27.9 Å². The average molecular weight is 471 g/mol. The minimum Gasteiger partial charge on any atom is -0.325 e. The zero-order valence-electron chi connectivity index (χ0n) is 18.1. The SMILES string of the molecule is NS(=O)(=O)c1ccc(N2C(=O)CC(N(Cc3cccnc3)C(=O)C3CCCCC3)C2=O)cc1. The molecule has 2 fully saturated rings. The second kappa shape index (κ2) is 9.40. The monoisotopic (exact) mass is 470 g/mol. The topological polar surface area (TPSA) is 131 Å². The molecule has 1 aromatic carbocycles. The lowest BCUT2D eigenvalue weighted by molar-refractivity contribution is -0.143. The van der Waals surface area contributed by atoms with Gasteiger partial charge in [-0.1, -0.05) is 25.3 Å². The van der Waals surface area contributed by atoms with E-state index in [0.717, 1.165) is 42.6 Å². The van der Waals surface area contributed by atoms with Gasteiger partial charge in [0.1, 0.15) is 6.04 Å². The van der Waals surface area contributed by atoms with Crippen molar-refractivity contribution in [2.45, 2.75) is 56.0 Å². The van der Waals surface area contributed by atoms with Crippen LogP contribution in [0.2, 0.25) is 0 Å². The van der Waals surface area contributed by atoms with Crippen LogP contribution in [0, 0.1) is 5.92 Å². The fourth-order valence-corrected chi connectivity index (χ4v) is 5.05. The van der Waals surface area contributed by atoms with Crippen LogP contribution in [0.4, 0.5) is 5.69 Å². The van der Waals surface area contributed by atoms with Crippen LogP contribution in [0.5, 0.6) is 0 Å². The molecule has 2 aromatic rings. The number of benzene rings is 1. The van der Waals surface area contributed by atoms with E-state index >= 15 is 0 Å². The molecule has 1 aromatic heterocycles. The Kier molecular flexibility index (Phi) is 6.57. The molecule has 3 amide bonds. The van der Waals surface area contributed by atoms with E-state index in [2.05, 4.69) is 4.98 Å². The summed E-state index contributed by atoms with van der Waals surface area (Å²) in [5.41, 5.74) is 1.02. The number of carbonyl (C=O) groups is 3. The Balaban J connectivity index is 1.62. The van der Waals surface area contributed by atoms with Gasteiger partial charge in [-0.25, -0.2) is 18.5 Å². The number of pyridine rings is 1. The first-order valence-corrected chi connectivity index (χ1v) is 12.5. The Hall–Kier alpha value is -3.11. The van der Waals surface area contributed by atoms with Gasteiger partial charge in [-0.2, -0.15) is 0 Å². The molecule has 0 spiro atoms. The molecular weight excluding hydrogens is 444 g/mol. The fourth-order valence-electron chi connectivity index (χ4n) is 4.53. The number of aromatic nitrogens is 1. The molecular formula is C23H26N4O5S. The third kappa shape index (κ3) is 4.96. The Morgan fingerprint density at radius 1 is 1.09 bits per heavy atom.